The third kappa shape index (κ3) is 12.5. The number of Topliss-reactive ketones (excluding diaryl/α,β-unsaturated/α-hetero) is 1. The van der Waals surface area contributed by atoms with Crippen molar-refractivity contribution in [3.8, 4) is 0 Å². The van der Waals surface area contributed by atoms with E-state index in [4.69, 9.17) is 14.2 Å². The van der Waals surface area contributed by atoms with Crippen LogP contribution in [0.4, 0.5) is 0 Å². The predicted molar refractivity (Wildman–Crippen MR) is 149 cm³/mol. The Morgan fingerprint density at radius 2 is 1.24 bits per heavy atom. The molecule has 0 amide bonds. The van der Waals surface area contributed by atoms with Crippen molar-refractivity contribution in [3.63, 3.8) is 0 Å². The van der Waals surface area contributed by atoms with Gasteiger partial charge in [0.05, 0.1) is 37.8 Å². The molecular weight excluding hydrogens is 478 g/mol. The van der Waals surface area contributed by atoms with Crippen LogP contribution in [-0.2, 0) is 27.3 Å². The fourth-order valence-corrected chi connectivity index (χ4v) is 3.96. The maximum atomic E-state index is 12.2. The molecule has 7 nitrogen and oxygen atoms in total. The van der Waals surface area contributed by atoms with Crippen molar-refractivity contribution in [1.29, 1.82) is 0 Å². The smallest absolute Gasteiger partial charge is 0.162 e. The number of rotatable bonds is 20. The summed E-state index contributed by atoms with van der Waals surface area (Å²) in [5, 5.41) is 0. The highest BCUT2D eigenvalue weighted by molar-refractivity contribution is 5.96. The zero-order chi connectivity index (χ0) is 26.7. The lowest BCUT2D eigenvalue weighted by Crippen LogP contribution is -2.26. The molecular formula is C31H41N3O4. The summed E-state index contributed by atoms with van der Waals surface area (Å²) in [7, 11) is 0. The minimum atomic E-state index is 0.197. The number of pyridine rings is 2. The predicted octanol–water partition coefficient (Wildman–Crippen LogP) is 5.28. The molecule has 0 atom stereocenters. The van der Waals surface area contributed by atoms with Crippen molar-refractivity contribution < 1.29 is 19.0 Å². The number of carbonyl (C=O) groups is 1. The molecule has 3 rings (SSSR count). The van der Waals surface area contributed by atoms with Crippen molar-refractivity contribution in [2.45, 2.75) is 45.7 Å². The van der Waals surface area contributed by atoms with Crippen molar-refractivity contribution >= 4 is 5.78 Å². The van der Waals surface area contributed by atoms with Gasteiger partial charge in [-0.15, -0.1) is 0 Å². The molecule has 204 valence electrons. The molecule has 0 spiro atoms. The van der Waals surface area contributed by atoms with Gasteiger partial charge in [0.2, 0.25) is 0 Å². The summed E-state index contributed by atoms with van der Waals surface area (Å²) >= 11 is 0. The van der Waals surface area contributed by atoms with Crippen molar-refractivity contribution in [2.75, 3.05) is 46.2 Å². The lowest BCUT2D eigenvalue weighted by atomic mass is 10.0. The van der Waals surface area contributed by atoms with Gasteiger partial charge in [-0.25, -0.2) is 0 Å². The van der Waals surface area contributed by atoms with Crippen molar-refractivity contribution in [2.24, 2.45) is 0 Å². The molecule has 2 aromatic heterocycles. The number of nitrogens with zero attached hydrogens (tertiary/aromatic N) is 3. The quantitative estimate of drug-likeness (QED) is 0.149. The lowest BCUT2D eigenvalue weighted by molar-refractivity contribution is 0.0122. The Labute approximate surface area is 227 Å². The molecule has 38 heavy (non-hydrogen) atoms. The van der Waals surface area contributed by atoms with E-state index in [9.17, 15) is 4.79 Å². The second kappa shape index (κ2) is 18.3. The Hall–Kier alpha value is -2.97. The number of hydrogen-bond acceptors (Lipinski definition) is 7. The van der Waals surface area contributed by atoms with E-state index in [-0.39, 0.29) is 5.78 Å². The lowest BCUT2D eigenvalue weighted by Gasteiger charge is -2.21. The minimum Gasteiger partial charge on any atom is -0.379 e. The fourth-order valence-electron chi connectivity index (χ4n) is 3.96. The van der Waals surface area contributed by atoms with E-state index in [1.54, 1.807) is 0 Å². The highest BCUT2D eigenvalue weighted by Gasteiger charge is 2.09. The van der Waals surface area contributed by atoms with E-state index in [1.165, 1.54) is 5.56 Å². The van der Waals surface area contributed by atoms with Gasteiger partial charge in [0.25, 0.3) is 0 Å². The zero-order valence-electron chi connectivity index (χ0n) is 22.6. The first-order valence-electron chi connectivity index (χ1n) is 13.6. The second-order valence-corrected chi connectivity index (χ2v) is 9.29. The average Bonchev–Trinajstić information content (AvgIpc) is 2.94. The molecule has 7 heteroatoms. The number of unbranched alkanes of at least 4 members (excludes halogenated alkanes) is 1. The SMILES string of the molecule is Cc1ccc(C(=O)CCCCOCCOCCOCCCN(Cc2ccccn2)Cc2ccccn2)cc1. The molecule has 1 aromatic carbocycles. The molecule has 0 saturated carbocycles. The van der Waals surface area contributed by atoms with Crippen LogP contribution in [0.5, 0.6) is 0 Å². The summed E-state index contributed by atoms with van der Waals surface area (Å²) in [5.41, 5.74) is 4.06. The Morgan fingerprint density at radius 3 is 1.79 bits per heavy atom. The summed E-state index contributed by atoms with van der Waals surface area (Å²) in [5.74, 6) is 0.197. The zero-order valence-corrected chi connectivity index (χ0v) is 22.6. The molecule has 0 unspecified atom stereocenters. The van der Waals surface area contributed by atoms with Crippen molar-refractivity contribution in [3.05, 3.63) is 95.6 Å². The second-order valence-electron chi connectivity index (χ2n) is 9.29. The molecule has 0 radical (unpaired) electrons. The van der Waals surface area contributed by atoms with Gasteiger partial charge in [-0.1, -0.05) is 42.0 Å². The number of aryl methyl sites for hydroxylation is 1. The van der Waals surface area contributed by atoms with Crippen LogP contribution < -0.4 is 0 Å². The maximum Gasteiger partial charge on any atom is 0.162 e. The summed E-state index contributed by atoms with van der Waals surface area (Å²) in [6, 6.07) is 19.8. The van der Waals surface area contributed by atoms with Crippen LogP contribution >= 0.6 is 0 Å². The molecule has 0 saturated heterocycles. The molecule has 0 aliphatic heterocycles. The Bertz CT molecular complexity index is 975. The molecule has 0 fully saturated rings. The normalized spacial score (nSPS) is 11.2. The summed E-state index contributed by atoms with van der Waals surface area (Å²) in [6.07, 6.45) is 6.86. The Balaban J connectivity index is 1.15. The molecule has 0 bridgehead atoms. The molecule has 2 heterocycles. The van der Waals surface area contributed by atoms with E-state index in [2.05, 4.69) is 27.0 Å². The molecule has 0 aliphatic carbocycles. The average molecular weight is 520 g/mol. The van der Waals surface area contributed by atoms with Gasteiger partial charge in [0.1, 0.15) is 0 Å². The van der Waals surface area contributed by atoms with Gasteiger partial charge in [0.15, 0.2) is 5.78 Å². The van der Waals surface area contributed by atoms with E-state index >= 15 is 0 Å². The van der Waals surface area contributed by atoms with Crippen LogP contribution in [-0.4, -0.2) is 66.8 Å². The topological polar surface area (TPSA) is 73.8 Å². The van der Waals surface area contributed by atoms with Gasteiger partial charge < -0.3 is 14.2 Å². The van der Waals surface area contributed by atoms with Crippen LogP contribution in [0.3, 0.4) is 0 Å². The van der Waals surface area contributed by atoms with E-state index in [0.29, 0.717) is 46.1 Å². The van der Waals surface area contributed by atoms with Gasteiger partial charge in [0, 0.05) is 57.2 Å². The van der Waals surface area contributed by atoms with Crippen LogP contribution in [0.15, 0.2) is 73.1 Å². The van der Waals surface area contributed by atoms with Crippen molar-refractivity contribution in [1.82, 2.24) is 14.9 Å². The third-order valence-corrected chi connectivity index (χ3v) is 6.05. The highest BCUT2D eigenvalue weighted by atomic mass is 16.5. The number of ether oxygens (including phenoxy) is 3. The highest BCUT2D eigenvalue weighted by Crippen LogP contribution is 2.09. The van der Waals surface area contributed by atoms with E-state index in [0.717, 1.165) is 55.8 Å². The Morgan fingerprint density at radius 1 is 0.684 bits per heavy atom. The van der Waals surface area contributed by atoms with Gasteiger partial charge in [-0.2, -0.15) is 0 Å². The summed E-state index contributed by atoms with van der Waals surface area (Å²) in [4.78, 5) is 23.4. The first-order chi connectivity index (χ1) is 18.7. The van der Waals surface area contributed by atoms with Gasteiger partial charge >= 0.3 is 0 Å². The minimum absolute atomic E-state index is 0.197. The number of hydrogen-bond donors (Lipinski definition) is 0. The number of carbonyl (C=O) groups excluding carboxylic acids is 1. The van der Waals surface area contributed by atoms with Crippen LogP contribution in [0, 0.1) is 6.92 Å². The summed E-state index contributed by atoms with van der Waals surface area (Å²) in [6.45, 7) is 8.05. The standard InChI is InChI=1S/C31H41N3O4/c1-27-12-14-28(15-13-27)31(35)11-4-7-19-36-21-23-38-24-22-37-20-8-18-34(25-29-9-2-5-16-32-29)26-30-10-3-6-17-33-30/h2-3,5-6,9-10,12-17H,4,7-8,11,18-26H2,1H3. The monoisotopic (exact) mass is 519 g/mol. The van der Waals surface area contributed by atoms with Gasteiger partial charge in [-0.3, -0.25) is 19.7 Å². The molecule has 0 aliphatic rings. The number of aromatic nitrogens is 2. The van der Waals surface area contributed by atoms with E-state index < -0.39 is 0 Å². The van der Waals surface area contributed by atoms with Crippen LogP contribution in [0.2, 0.25) is 0 Å². The van der Waals surface area contributed by atoms with Crippen LogP contribution in [0.1, 0.15) is 53.0 Å². The first-order valence-corrected chi connectivity index (χ1v) is 13.6. The largest absolute Gasteiger partial charge is 0.379 e. The van der Waals surface area contributed by atoms with Gasteiger partial charge in [-0.05, 0) is 50.5 Å². The first kappa shape index (κ1) is 29.6. The Kier molecular flexibility index (Phi) is 14.3. The van der Waals surface area contributed by atoms with Crippen LogP contribution in [0.25, 0.3) is 0 Å². The number of ketones is 1. The fraction of sp³-hybridized carbons (Fsp3) is 0.452. The number of benzene rings is 1. The van der Waals surface area contributed by atoms with E-state index in [1.807, 2.05) is 67.8 Å². The third-order valence-electron chi connectivity index (χ3n) is 6.05. The molecule has 3 aromatic rings. The molecule has 0 N–H and O–H groups in total. The maximum absolute atomic E-state index is 12.2. The summed E-state index contributed by atoms with van der Waals surface area (Å²) < 4.78 is 17.0.